The van der Waals surface area contributed by atoms with Gasteiger partial charge in [0.1, 0.15) is 5.82 Å². The van der Waals surface area contributed by atoms with Gasteiger partial charge in [-0.05, 0) is 24.6 Å². The van der Waals surface area contributed by atoms with E-state index in [0.717, 1.165) is 11.3 Å². The van der Waals surface area contributed by atoms with Crippen LogP contribution >= 0.6 is 11.3 Å². The highest BCUT2D eigenvalue weighted by atomic mass is 32.2. The number of sulfonamides is 1. The van der Waals surface area contributed by atoms with Crippen LogP contribution < -0.4 is 15.3 Å². The molecule has 0 aliphatic heterocycles. The number of halogens is 1. The first kappa shape index (κ1) is 15.8. The standard InChI is InChI=1S/C12H14FN3O3S2/c1-7-2-10(3-8(4-14)11(7)13)21(18,19)15-5-9-6-20-12(17)16-9/h2-3,6,15H,4-5,14H2,1H3,(H,16,17). The molecule has 0 spiro atoms. The molecule has 0 unspecified atom stereocenters. The number of hydrogen-bond donors (Lipinski definition) is 3. The van der Waals surface area contributed by atoms with Crippen LogP contribution in [0.2, 0.25) is 0 Å². The van der Waals surface area contributed by atoms with Crippen molar-refractivity contribution < 1.29 is 12.8 Å². The van der Waals surface area contributed by atoms with Gasteiger partial charge in [-0.25, -0.2) is 17.5 Å². The molecule has 1 heterocycles. The Bertz CT molecular complexity index is 811. The van der Waals surface area contributed by atoms with E-state index in [9.17, 15) is 17.6 Å². The van der Waals surface area contributed by atoms with Crippen LogP contribution in [0.5, 0.6) is 0 Å². The van der Waals surface area contributed by atoms with E-state index >= 15 is 0 Å². The fraction of sp³-hybridized carbons (Fsp3) is 0.250. The van der Waals surface area contributed by atoms with Gasteiger partial charge in [0.05, 0.1) is 11.4 Å². The minimum Gasteiger partial charge on any atom is -0.326 e. The van der Waals surface area contributed by atoms with E-state index in [0.29, 0.717) is 5.69 Å². The first-order chi connectivity index (χ1) is 9.83. The summed E-state index contributed by atoms with van der Waals surface area (Å²) in [4.78, 5) is 13.2. The molecule has 0 atom stereocenters. The molecule has 0 amide bonds. The van der Waals surface area contributed by atoms with Crippen molar-refractivity contribution in [1.82, 2.24) is 9.71 Å². The van der Waals surface area contributed by atoms with Gasteiger partial charge in [-0.2, -0.15) is 0 Å². The average Bonchev–Trinajstić information content (AvgIpc) is 2.85. The molecule has 2 aromatic rings. The van der Waals surface area contributed by atoms with Crippen molar-refractivity contribution in [3.8, 4) is 0 Å². The van der Waals surface area contributed by atoms with E-state index in [4.69, 9.17) is 5.73 Å². The fourth-order valence-corrected chi connectivity index (χ4v) is 3.49. The largest absolute Gasteiger partial charge is 0.326 e. The number of rotatable bonds is 5. The van der Waals surface area contributed by atoms with Crippen molar-refractivity contribution in [2.24, 2.45) is 5.73 Å². The number of benzene rings is 1. The summed E-state index contributed by atoms with van der Waals surface area (Å²) in [5, 5.41) is 1.53. The van der Waals surface area contributed by atoms with Crippen molar-refractivity contribution in [3.05, 3.63) is 49.8 Å². The third-order valence-corrected chi connectivity index (χ3v) is 4.96. The first-order valence-electron chi connectivity index (χ1n) is 5.99. The van der Waals surface area contributed by atoms with Gasteiger partial charge in [-0.1, -0.05) is 11.3 Å². The maximum Gasteiger partial charge on any atom is 0.304 e. The number of thiazole rings is 1. The third-order valence-electron chi connectivity index (χ3n) is 2.86. The van der Waals surface area contributed by atoms with Gasteiger partial charge < -0.3 is 10.7 Å². The highest BCUT2D eigenvalue weighted by Crippen LogP contribution is 2.19. The van der Waals surface area contributed by atoms with Gasteiger partial charge in [-0.15, -0.1) is 0 Å². The number of aromatic nitrogens is 1. The lowest BCUT2D eigenvalue weighted by Crippen LogP contribution is -2.24. The molecule has 114 valence electrons. The normalized spacial score (nSPS) is 11.8. The lowest BCUT2D eigenvalue weighted by atomic mass is 10.1. The molecule has 0 aliphatic carbocycles. The van der Waals surface area contributed by atoms with E-state index in [1.54, 1.807) is 0 Å². The zero-order valence-corrected chi connectivity index (χ0v) is 12.8. The number of hydrogen-bond acceptors (Lipinski definition) is 5. The second-order valence-electron chi connectivity index (χ2n) is 4.42. The lowest BCUT2D eigenvalue weighted by Gasteiger charge is -2.10. The lowest BCUT2D eigenvalue weighted by molar-refractivity contribution is 0.577. The molecule has 21 heavy (non-hydrogen) atoms. The SMILES string of the molecule is Cc1cc(S(=O)(=O)NCc2csc(=O)[nH]2)cc(CN)c1F. The van der Waals surface area contributed by atoms with E-state index in [2.05, 4.69) is 9.71 Å². The topological polar surface area (TPSA) is 105 Å². The second kappa shape index (κ2) is 6.06. The molecule has 0 bridgehead atoms. The summed E-state index contributed by atoms with van der Waals surface area (Å²) in [6, 6.07) is 2.45. The number of nitrogens with one attached hydrogen (secondary N) is 2. The van der Waals surface area contributed by atoms with Crippen molar-refractivity contribution >= 4 is 21.4 Å². The highest BCUT2D eigenvalue weighted by molar-refractivity contribution is 7.89. The van der Waals surface area contributed by atoms with Gasteiger partial charge in [0.15, 0.2) is 0 Å². The smallest absolute Gasteiger partial charge is 0.304 e. The van der Waals surface area contributed by atoms with Crippen LogP contribution in [0.25, 0.3) is 0 Å². The number of nitrogens with two attached hydrogens (primary N) is 1. The number of aryl methyl sites for hydroxylation is 1. The van der Waals surface area contributed by atoms with Crippen LogP contribution in [-0.4, -0.2) is 13.4 Å². The molecule has 0 saturated heterocycles. The molecule has 0 radical (unpaired) electrons. The van der Waals surface area contributed by atoms with Gasteiger partial charge in [0.2, 0.25) is 10.0 Å². The second-order valence-corrected chi connectivity index (χ2v) is 7.02. The van der Waals surface area contributed by atoms with Crippen molar-refractivity contribution in [2.75, 3.05) is 0 Å². The minimum atomic E-state index is -3.81. The number of H-pyrrole nitrogens is 1. The Hall–Kier alpha value is -1.55. The van der Waals surface area contributed by atoms with Gasteiger partial charge in [0, 0.05) is 23.2 Å². The molecule has 6 nitrogen and oxygen atoms in total. The molecule has 0 fully saturated rings. The maximum absolute atomic E-state index is 13.7. The van der Waals surface area contributed by atoms with Gasteiger partial charge in [-0.3, -0.25) is 4.79 Å². The predicted octanol–water partition coefficient (Wildman–Crippen LogP) is 0.821. The Morgan fingerprint density at radius 3 is 2.71 bits per heavy atom. The molecule has 4 N–H and O–H groups in total. The minimum absolute atomic E-state index is 0.0462. The van der Waals surface area contributed by atoms with Gasteiger partial charge >= 0.3 is 4.87 Å². The Labute approximate surface area is 124 Å². The van der Waals surface area contributed by atoms with Crippen LogP contribution in [-0.2, 0) is 23.1 Å². The summed E-state index contributed by atoms with van der Waals surface area (Å²) in [6.45, 7) is 1.34. The molecular formula is C12H14FN3O3S2. The average molecular weight is 331 g/mol. The summed E-state index contributed by atoms with van der Waals surface area (Å²) < 4.78 is 40.4. The Kier molecular flexibility index (Phi) is 4.57. The Morgan fingerprint density at radius 2 is 2.14 bits per heavy atom. The maximum atomic E-state index is 13.7. The quantitative estimate of drug-likeness (QED) is 0.754. The number of aromatic amines is 1. The predicted molar refractivity (Wildman–Crippen MR) is 78.0 cm³/mol. The Morgan fingerprint density at radius 1 is 1.43 bits per heavy atom. The molecule has 2 rings (SSSR count). The zero-order valence-electron chi connectivity index (χ0n) is 11.1. The fourth-order valence-electron chi connectivity index (χ4n) is 1.77. The van der Waals surface area contributed by atoms with Crippen LogP contribution in [0, 0.1) is 12.7 Å². The van der Waals surface area contributed by atoms with Crippen LogP contribution in [0.4, 0.5) is 4.39 Å². The molecular weight excluding hydrogens is 317 g/mol. The van der Waals surface area contributed by atoms with E-state index in [1.807, 2.05) is 0 Å². The van der Waals surface area contributed by atoms with Crippen molar-refractivity contribution in [1.29, 1.82) is 0 Å². The summed E-state index contributed by atoms with van der Waals surface area (Å²) in [5.41, 5.74) is 6.22. The van der Waals surface area contributed by atoms with Crippen molar-refractivity contribution in [2.45, 2.75) is 24.9 Å². The summed E-state index contributed by atoms with van der Waals surface area (Å²) in [7, 11) is -3.81. The van der Waals surface area contributed by atoms with E-state index in [-0.39, 0.29) is 34.0 Å². The molecule has 0 saturated carbocycles. The third kappa shape index (κ3) is 3.56. The molecule has 0 aliphatic rings. The zero-order chi connectivity index (χ0) is 15.6. The van der Waals surface area contributed by atoms with Crippen molar-refractivity contribution in [3.63, 3.8) is 0 Å². The highest BCUT2D eigenvalue weighted by Gasteiger charge is 2.18. The van der Waals surface area contributed by atoms with E-state index in [1.165, 1.54) is 24.4 Å². The summed E-state index contributed by atoms with van der Waals surface area (Å²) in [5.74, 6) is -0.501. The Balaban J connectivity index is 2.27. The van der Waals surface area contributed by atoms with Crippen LogP contribution in [0.1, 0.15) is 16.8 Å². The molecule has 1 aromatic carbocycles. The molecule has 1 aromatic heterocycles. The summed E-state index contributed by atoms with van der Waals surface area (Å²) in [6.07, 6.45) is 0. The van der Waals surface area contributed by atoms with Gasteiger partial charge in [0.25, 0.3) is 0 Å². The summed E-state index contributed by atoms with van der Waals surface area (Å²) >= 11 is 0.949. The first-order valence-corrected chi connectivity index (χ1v) is 8.35. The monoisotopic (exact) mass is 331 g/mol. The van der Waals surface area contributed by atoms with E-state index < -0.39 is 15.8 Å². The molecule has 9 heteroatoms. The van der Waals surface area contributed by atoms with Crippen LogP contribution in [0.3, 0.4) is 0 Å². The van der Waals surface area contributed by atoms with Crippen LogP contribution in [0.15, 0.2) is 27.2 Å².